The van der Waals surface area contributed by atoms with Crippen molar-refractivity contribution in [1.29, 1.82) is 0 Å². The molecule has 7 nitrogen and oxygen atoms in total. The minimum atomic E-state index is -0.609. The Labute approximate surface area is 198 Å². The molecule has 9 heteroatoms. The first-order chi connectivity index (χ1) is 15.4. The maximum absolute atomic E-state index is 12.5. The zero-order valence-electron chi connectivity index (χ0n) is 17.1. The number of hydrogen-bond donors (Lipinski definition) is 1. The fraction of sp³-hybridized carbons (Fsp3) is 0.0870. The minimum Gasteiger partial charge on any atom is -0.493 e. The summed E-state index contributed by atoms with van der Waals surface area (Å²) in [5.41, 5.74) is 3.47. The van der Waals surface area contributed by atoms with Gasteiger partial charge in [-0.3, -0.25) is 4.79 Å². The monoisotopic (exact) mass is 516 g/mol. The lowest BCUT2D eigenvalue weighted by atomic mass is 10.2. The standard InChI is InChI=1S/C23H18BrClN2O5/c1-30-20-9-7-14(12-21(20)31-2)22(28)27-26-13-15-11-16(24)8-10-19(15)32-23(29)17-5-3-4-6-18(17)25/h3-13H,1-2H3,(H,27,28)/b26-13-. The maximum atomic E-state index is 12.5. The quantitative estimate of drug-likeness (QED) is 0.204. The van der Waals surface area contributed by atoms with Crippen molar-refractivity contribution in [2.45, 2.75) is 0 Å². The Balaban J connectivity index is 1.76. The van der Waals surface area contributed by atoms with Gasteiger partial charge in [0.2, 0.25) is 0 Å². The molecule has 0 fully saturated rings. The summed E-state index contributed by atoms with van der Waals surface area (Å²) >= 11 is 9.44. The Hall–Kier alpha value is -3.36. The van der Waals surface area contributed by atoms with Gasteiger partial charge in [-0.2, -0.15) is 5.10 Å². The Kier molecular flexibility index (Phi) is 7.86. The van der Waals surface area contributed by atoms with Crippen LogP contribution in [0.15, 0.2) is 70.2 Å². The van der Waals surface area contributed by atoms with E-state index in [4.69, 9.17) is 25.8 Å². The van der Waals surface area contributed by atoms with Crippen molar-refractivity contribution in [2.24, 2.45) is 5.10 Å². The van der Waals surface area contributed by atoms with Gasteiger partial charge in [0, 0.05) is 15.6 Å². The van der Waals surface area contributed by atoms with Crippen molar-refractivity contribution in [3.63, 3.8) is 0 Å². The first-order valence-corrected chi connectivity index (χ1v) is 10.4. The van der Waals surface area contributed by atoms with Crippen LogP contribution in [0.1, 0.15) is 26.3 Å². The van der Waals surface area contributed by atoms with Gasteiger partial charge in [0.25, 0.3) is 5.91 Å². The van der Waals surface area contributed by atoms with Crippen molar-refractivity contribution < 1.29 is 23.8 Å². The number of hydrogen-bond acceptors (Lipinski definition) is 6. The van der Waals surface area contributed by atoms with E-state index in [1.807, 2.05) is 0 Å². The van der Waals surface area contributed by atoms with Gasteiger partial charge in [0.15, 0.2) is 11.5 Å². The number of amides is 1. The van der Waals surface area contributed by atoms with E-state index in [0.717, 1.165) is 4.47 Å². The number of carbonyl (C=O) groups excluding carboxylic acids is 2. The van der Waals surface area contributed by atoms with Crippen LogP contribution in [0.4, 0.5) is 0 Å². The number of benzene rings is 3. The van der Waals surface area contributed by atoms with Gasteiger partial charge in [0.1, 0.15) is 5.75 Å². The highest BCUT2D eigenvalue weighted by molar-refractivity contribution is 9.10. The number of nitrogens with one attached hydrogen (secondary N) is 1. The SMILES string of the molecule is COc1ccc(C(=O)N/N=C\c2cc(Br)ccc2OC(=O)c2ccccc2Cl)cc1OC. The van der Waals surface area contributed by atoms with E-state index >= 15 is 0 Å². The van der Waals surface area contributed by atoms with Crippen LogP contribution >= 0.6 is 27.5 Å². The topological polar surface area (TPSA) is 86.2 Å². The van der Waals surface area contributed by atoms with Crippen LogP contribution in [-0.2, 0) is 0 Å². The third kappa shape index (κ3) is 5.66. The number of hydrazone groups is 1. The molecule has 0 unspecified atom stereocenters. The van der Waals surface area contributed by atoms with Crippen molar-refractivity contribution in [2.75, 3.05) is 14.2 Å². The number of rotatable bonds is 7. The van der Waals surface area contributed by atoms with E-state index in [2.05, 4.69) is 26.5 Å². The smallest absolute Gasteiger partial charge is 0.345 e. The van der Waals surface area contributed by atoms with E-state index in [9.17, 15) is 9.59 Å². The zero-order chi connectivity index (χ0) is 23.1. The van der Waals surface area contributed by atoms with E-state index in [-0.39, 0.29) is 16.3 Å². The van der Waals surface area contributed by atoms with Gasteiger partial charge >= 0.3 is 5.97 Å². The lowest BCUT2D eigenvalue weighted by molar-refractivity contribution is 0.0734. The lowest BCUT2D eigenvalue weighted by Crippen LogP contribution is -2.18. The van der Waals surface area contributed by atoms with Crippen LogP contribution in [0.5, 0.6) is 17.2 Å². The average Bonchev–Trinajstić information content (AvgIpc) is 2.80. The summed E-state index contributed by atoms with van der Waals surface area (Å²) in [5.74, 6) is 0.118. The van der Waals surface area contributed by atoms with Crippen LogP contribution in [0, 0.1) is 0 Å². The second-order valence-corrected chi connectivity index (χ2v) is 7.64. The molecule has 0 saturated heterocycles. The first-order valence-electron chi connectivity index (χ1n) is 9.24. The highest BCUT2D eigenvalue weighted by Gasteiger charge is 2.15. The number of methoxy groups -OCH3 is 2. The molecule has 3 aromatic carbocycles. The highest BCUT2D eigenvalue weighted by atomic mass is 79.9. The highest BCUT2D eigenvalue weighted by Crippen LogP contribution is 2.27. The number of ether oxygens (including phenoxy) is 3. The summed E-state index contributed by atoms with van der Waals surface area (Å²) in [6.45, 7) is 0. The maximum Gasteiger partial charge on any atom is 0.345 e. The Morgan fingerprint density at radius 3 is 2.41 bits per heavy atom. The Morgan fingerprint density at radius 1 is 0.969 bits per heavy atom. The molecule has 1 amide bonds. The number of esters is 1. The molecule has 3 aromatic rings. The summed E-state index contributed by atoms with van der Waals surface area (Å²) in [7, 11) is 2.99. The molecule has 0 aliphatic rings. The van der Waals surface area contributed by atoms with Crippen LogP contribution in [0.2, 0.25) is 5.02 Å². The van der Waals surface area contributed by atoms with E-state index < -0.39 is 11.9 Å². The molecule has 0 bridgehead atoms. The summed E-state index contributed by atoms with van der Waals surface area (Å²) in [6.07, 6.45) is 1.37. The van der Waals surface area contributed by atoms with Crippen LogP contribution < -0.4 is 19.6 Å². The van der Waals surface area contributed by atoms with Crippen LogP contribution in [0.25, 0.3) is 0 Å². The number of carbonyl (C=O) groups is 2. The van der Waals surface area contributed by atoms with Crippen molar-refractivity contribution >= 4 is 45.6 Å². The van der Waals surface area contributed by atoms with Crippen molar-refractivity contribution in [3.05, 3.63) is 86.8 Å². The van der Waals surface area contributed by atoms with Gasteiger partial charge in [-0.05, 0) is 48.5 Å². The molecule has 0 heterocycles. The molecule has 0 aliphatic heterocycles. The average molecular weight is 518 g/mol. The second-order valence-electron chi connectivity index (χ2n) is 6.32. The second kappa shape index (κ2) is 10.8. The summed E-state index contributed by atoms with van der Waals surface area (Å²) < 4.78 is 16.6. The molecular weight excluding hydrogens is 500 g/mol. The van der Waals surface area contributed by atoms with Crippen LogP contribution in [0.3, 0.4) is 0 Å². The fourth-order valence-electron chi connectivity index (χ4n) is 2.70. The zero-order valence-corrected chi connectivity index (χ0v) is 19.4. The first kappa shape index (κ1) is 23.3. The van der Waals surface area contributed by atoms with Gasteiger partial charge in [0.05, 0.1) is 31.0 Å². The van der Waals surface area contributed by atoms with Gasteiger partial charge in [-0.25, -0.2) is 10.2 Å². The van der Waals surface area contributed by atoms with E-state index in [1.165, 1.54) is 20.4 Å². The van der Waals surface area contributed by atoms with Crippen molar-refractivity contribution in [1.82, 2.24) is 5.43 Å². The molecule has 0 saturated carbocycles. The molecule has 0 spiro atoms. The molecule has 0 atom stereocenters. The van der Waals surface area contributed by atoms with Gasteiger partial charge < -0.3 is 14.2 Å². The molecule has 3 rings (SSSR count). The number of nitrogens with zero attached hydrogens (tertiary/aromatic N) is 1. The molecular formula is C23H18BrClN2O5. The van der Waals surface area contributed by atoms with Gasteiger partial charge in [-0.15, -0.1) is 0 Å². The summed E-state index contributed by atoms with van der Waals surface area (Å²) in [5, 5.41) is 4.26. The molecule has 0 aliphatic carbocycles. The Morgan fingerprint density at radius 2 is 1.69 bits per heavy atom. The third-order valence-corrected chi connectivity index (χ3v) is 5.11. The van der Waals surface area contributed by atoms with E-state index in [0.29, 0.717) is 22.6 Å². The molecule has 0 aromatic heterocycles. The summed E-state index contributed by atoms with van der Waals surface area (Å²) in [4.78, 5) is 24.9. The lowest BCUT2D eigenvalue weighted by Gasteiger charge is -2.09. The predicted molar refractivity (Wildman–Crippen MR) is 125 cm³/mol. The fourth-order valence-corrected chi connectivity index (χ4v) is 3.29. The van der Waals surface area contributed by atoms with E-state index in [1.54, 1.807) is 60.7 Å². The number of halogens is 2. The minimum absolute atomic E-state index is 0.238. The van der Waals surface area contributed by atoms with Gasteiger partial charge in [-0.1, -0.05) is 39.7 Å². The van der Waals surface area contributed by atoms with Crippen molar-refractivity contribution in [3.8, 4) is 17.2 Å². The Bertz CT molecular complexity index is 1180. The molecule has 164 valence electrons. The predicted octanol–water partition coefficient (Wildman–Crippen LogP) is 5.10. The largest absolute Gasteiger partial charge is 0.493 e. The normalized spacial score (nSPS) is 10.6. The molecule has 32 heavy (non-hydrogen) atoms. The third-order valence-electron chi connectivity index (χ3n) is 4.28. The molecule has 1 N–H and O–H groups in total. The molecule has 0 radical (unpaired) electrons. The van der Waals surface area contributed by atoms with Crippen LogP contribution in [-0.4, -0.2) is 32.3 Å². The summed E-state index contributed by atoms with van der Waals surface area (Å²) in [6, 6.07) is 16.4.